The first-order valence-electron chi connectivity index (χ1n) is 7.31. The van der Waals surface area contributed by atoms with E-state index < -0.39 is 18.5 Å². The van der Waals surface area contributed by atoms with E-state index in [0.29, 0.717) is 10.7 Å². The summed E-state index contributed by atoms with van der Waals surface area (Å²) in [4.78, 5) is 38.6. The summed E-state index contributed by atoms with van der Waals surface area (Å²) in [7, 11) is 1.46. The molecule has 132 valence electrons. The van der Waals surface area contributed by atoms with Crippen molar-refractivity contribution in [3.05, 3.63) is 40.4 Å². The van der Waals surface area contributed by atoms with E-state index in [0.717, 1.165) is 10.6 Å². The number of carbonyl (C=O) groups excluding carboxylic acids is 3. The van der Waals surface area contributed by atoms with Crippen LogP contribution in [0.5, 0.6) is 0 Å². The number of thiazole rings is 1. The van der Waals surface area contributed by atoms with E-state index in [1.165, 1.54) is 18.4 Å². The second kappa shape index (κ2) is 9.14. The highest BCUT2D eigenvalue weighted by molar-refractivity contribution is 7.13. The van der Waals surface area contributed by atoms with Gasteiger partial charge in [0.25, 0.3) is 5.91 Å². The predicted molar refractivity (Wildman–Crippen MR) is 94.3 cm³/mol. The van der Waals surface area contributed by atoms with Crippen LogP contribution < -0.4 is 10.6 Å². The van der Waals surface area contributed by atoms with Gasteiger partial charge in [-0.1, -0.05) is 23.7 Å². The molecule has 2 aromatic rings. The van der Waals surface area contributed by atoms with Gasteiger partial charge in [0.15, 0.2) is 6.61 Å². The van der Waals surface area contributed by atoms with Gasteiger partial charge in [-0.25, -0.2) is 4.98 Å². The van der Waals surface area contributed by atoms with Gasteiger partial charge >= 0.3 is 5.97 Å². The molecule has 2 rings (SSSR count). The normalized spacial score (nSPS) is 10.2. The molecule has 1 aromatic heterocycles. The Morgan fingerprint density at radius 1 is 1.28 bits per heavy atom. The van der Waals surface area contributed by atoms with Gasteiger partial charge in [0.05, 0.1) is 18.7 Å². The van der Waals surface area contributed by atoms with Crippen LogP contribution in [0.2, 0.25) is 5.02 Å². The number of nitrogens with zero attached hydrogens (tertiary/aromatic N) is 1. The third-order valence-electron chi connectivity index (χ3n) is 3.04. The highest BCUT2D eigenvalue weighted by atomic mass is 35.5. The van der Waals surface area contributed by atoms with Crippen molar-refractivity contribution >= 4 is 40.7 Å². The quantitative estimate of drug-likeness (QED) is 0.707. The van der Waals surface area contributed by atoms with Gasteiger partial charge in [0, 0.05) is 23.0 Å². The summed E-state index contributed by atoms with van der Waals surface area (Å²) in [6.45, 7) is -0.608. The fourth-order valence-corrected chi connectivity index (χ4v) is 2.81. The third kappa shape index (κ3) is 6.17. The number of esters is 1. The Hall–Kier alpha value is -2.45. The van der Waals surface area contributed by atoms with Crippen LogP contribution in [-0.2, 0) is 25.5 Å². The lowest BCUT2D eigenvalue weighted by Gasteiger charge is -2.05. The van der Waals surface area contributed by atoms with Crippen molar-refractivity contribution in [3.8, 4) is 10.6 Å². The smallest absolute Gasteiger partial charge is 0.312 e. The number of rotatable bonds is 7. The molecule has 0 radical (unpaired) electrons. The lowest BCUT2D eigenvalue weighted by molar-refractivity contribution is -0.148. The first-order valence-corrected chi connectivity index (χ1v) is 8.57. The van der Waals surface area contributed by atoms with Crippen molar-refractivity contribution in [3.63, 3.8) is 0 Å². The van der Waals surface area contributed by atoms with E-state index >= 15 is 0 Å². The maximum Gasteiger partial charge on any atom is 0.312 e. The van der Waals surface area contributed by atoms with Crippen LogP contribution in [0.4, 0.5) is 0 Å². The predicted octanol–water partition coefficient (Wildman–Crippen LogP) is 1.41. The summed E-state index contributed by atoms with van der Waals surface area (Å²) in [5.74, 6) is -1.46. The zero-order valence-corrected chi connectivity index (χ0v) is 14.9. The Bertz CT molecular complexity index is 778. The summed E-state index contributed by atoms with van der Waals surface area (Å²) in [5.41, 5.74) is 1.42. The molecule has 0 saturated carbocycles. The second-order valence-corrected chi connectivity index (χ2v) is 6.24. The molecular weight excluding hydrogens is 366 g/mol. The molecule has 2 N–H and O–H groups in total. The molecule has 0 saturated heterocycles. The van der Waals surface area contributed by atoms with Gasteiger partial charge < -0.3 is 15.4 Å². The van der Waals surface area contributed by atoms with Crippen LogP contribution in [0.1, 0.15) is 5.69 Å². The Kier molecular flexibility index (Phi) is 6.91. The van der Waals surface area contributed by atoms with Crippen LogP contribution in [0, 0.1) is 0 Å². The topological polar surface area (TPSA) is 97.4 Å². The number of carbonyl (C=O) groups is 3. The maximum atomic E-state index is 11.8. The number of hydrogen-bond donors (Lipinski definition) is 2. The molecule has 1 heterocycles. The largest absolute Gasteiger partial charge is 0.455 e. The van der Waals surface area contributed by atoms with Crippen LogP contribution in [0.25, 0.3) is 10.6 Å². The average molecular weight is 382 g/mol. The van der Waals surface area contributed by atoms with Crippen molar-refractivity contribution in [2.45, 2.75) is 6.42 Å². The zero-order chi connectivity index (χ0) is 18.2. The first kappa shape index (κ1) is 18.9. The lowest BCUT2D eigenvalue weighted by Crippen LogP contribution is -2.37. The Balaban J connectivity index is 1.81. The van der Waals surface area contributed by atoms with Gasteiger partial charge in [-0.3, -0.25) is 14.4 Å². The molecule has 2 amide bonds. The molecule has 0 atom stereocenters. The Labute approximate surface area is 153 Å². The number of halogens is 1. The van der Waals surface area contributed by atoms with Gasteiger partial charge in [0.1, 0.15) is 5.01 Å². The number of likely N-dealkylation sites (N-methyl/N-ethyl adjacent to an activating group) is 1. The minimum Gasteiger partial charge on any atom is -0.455 e. The summed E-state index contributed by atoms with van der Waals surface area (Å²) in [6.07, 6.45) is -0.0419. The van der Waals surface area contributed by atoms with E-state index in [1.54, 1.807) is 17.5 Å². The van der Waals surface area contributed by atoms with E-state index in [-0.39, 0.29) is 18.9 Å². The summed E-state index contributed by atoms with van der Waals surface area (Å²) in [6, 6.07) is 7.26. The van der Waals surface area contributed by atoms with E-state index in [9.17, 15) is 14.4 Å². The van der Waals surface area contributed by atoms with Crippen molar-refractivity contribution in [1.82, 2.24) is 15.6 Å². The van der Waals surface area contributed by atoms with Crippen molar-refractivity contribution in [1.29, 1.82) is 0 Å². The molecule has 0 fully saturated rings. The highest BCUT2D eigenvalue weighted by Gasteiger charge is 2.12. The molecule has 25 heavy (non-hydrogen) atoms. The lowest BCUT2D eigenvalue weighted by atomic mass is 10.2. The fraction of sp³-hybridized carbons (Fsp3) is 0.250. The van der Waals surface area contributed by atoms with Crippen LogP contribution in [0.3, 0.4) is 0 Å². The van der Waals surface area contributed by atoms with Crippen LogP contribution >= 0.6 is 22.9 Å². The third-order valence-corrected chi connectivity index (χ3v) is 4.21. The maximum absolute atomic E-state index is 11.8. The molecule has 0 aliphatic carbocycles. The summed E-state index contributed by atoms with van der Waals surface area (Å²) < 4.78 is 4.87. The van der Waals surface area contributed by atoms with Gasteiger partial charge in [0.2, 0.25) is 5.91 Å². The van der Waals surface area contributed by atoms with Crippen molar-refractivity contribution in [2.75, 3.05) is 20.2 Å². The average Bonchev–Trinajstić information content (AvgIpc) is 3.06. The molecule has 1 aromatic carbocycles. The minimum atomic E-state index is -0.571. The molecule has 0 aliphatic heterocycles. The number of aromatic nitrogens is 1. The molecule has 0 spiro atoms. The highest BCUT2D eigenvalue weighted by Crippen LogP contribution is 2.26. The number of hydrogen-bond acceptors (Lipinski definition) is 6. The number of amides is 2. The minimum absolute atomic E-state index is 0.0419. The van der Waals surface area contributed by atoms with Crippen molar-refractivity contribution in [2.24, 2.45) is 0 Å². The second-order valence-electron chi connectivity index (χ2n) is 4.94. The first-order chi connectivity index (χ1) is 12.0. The SMILES string of the molecule is CNC(=O)CNC(=O)COC(=O)Cc1csc(-c2cccc(Cl)c2)n1. The van der Waals surface area contributed by atoms with Gasteiger partial charge in [-0.05, 0) is 12.1 Å². The molecule has 9 heteroatoms. The molecule has 0 aliphatic rings. The van der Waals surface area contributed by atoms with E-state index in [4.69, 9.17) is 16.3 Å². The Morgan fingerprint density at radius 3 is 2.80 bits per heavy atom. The molecule has 0 bridgehead atoms. The summed E-state index contributed by atoms with van der Waals surface area (Å²) in [5, 5.41) is 7.79. The van der Waals surface area contributed by atoms with Crippen LogP contribution in [0.15, 0.2) is 29.6 Å². The number of nitrogens with one attached hydrogen (secondary N) is 2. The Morgan fingerprint density at radius 2 is 2.08 bits per heavy atom. The van der Waals surface area contributed by atoms with E-state index in [2.05, 4.69) is 15.6 Å². The fourth-order valence-electron chi connectivity index (χ4n) is 1.81. The standard InChI is InChI=1S/C16H16ClN3O4S/c1-18-13(21)7-19-14(22)8-24-15(23)6-12-9-25-16(20-12)10-3-2-4-11(17)5-10/h2-5,9H,6-8H2,1H3,(H,18,21)(H,19,22). The van der Waals surface area contributed by atoms with Gasteiger partial charge in [-0.2, -0.15) is 0 Å². The van der Waals surface area contributed by atoms with Gasteiger partial charge in [-0.15, -0.1) is 11.3 Å². The van der Waals surface area contributed by atoms with Crippen molar-refractivity contribution < 1.29 is 19.1 Å². The molecule has 7 nitrogen and oxygen atoms in total. The van der Waals surface area contributed by atoms with E-state index in [1.807, 2.05) is 12.1 Å². The monoisotopic (exact) mass is 381 g/mol. The number of benzene rings is 1. The molecule has 0 unspecified atom stereocenters. The zero-order valence-electron chi connectivity index (χ0n) is 13.4. The molecular formula is C16H16ClN3O4S. The van der Waals surface area contributed by atoms with Crippen LogP contribution in [-0.4, -0.2) is 43.0 Å². The summed E-state index contributed by atoms with van der Waals surface area (Å²) >= 11 is 7.34. The number of ether oxygens (including phenoxy) is 1.